The van der Waals surface area contributed by atoms with Gasteiger partial charge >= 0.3 is 5.97 Å². The van der Waals surface area contributed by atoms with Crippen molar-refractivity contribution in [2.75, 3.05) is 13.1 Å². The normalized spacial score (nSPS) is 24.2. The zero-order valence-electron chi connectivity index (χ0n) is 9.54. The van der Waals surface area contributed by atoms with Gasteiger partial charge in [-0.1, -0.05) is 5.16 Å². The Labute approximate surface area is 102 Å². The molecule has 94 valence electrons. The molecule has 0 spiro atoms. The molecule has 0 saturated carbocycles. The lowest BCUT2D eigenvalue weighted by molar-refractivity contribution is -0.143. The van der Waals surface area contributed by atoms with Crippen LogP contribution in [-0.4, -0.2) is 39.3 Å². The summed E-state index contributed by atoms with van der Waals surface area (Å²) in [5, 5.41) is 16.6. The van der Waals surface area contributed by atoms with E-state index >= 15 is 0 Å². The van der Waals surface area contributed by atoms with Crippen molar-refractivity contribution in [3.05, 3.63) is 18.2 Å². The van der Waals surface area contributed by atoms with E-state index in [1.165, 1.54) is 6.20 Å². The second-order valence-corrected chi connectivity index (χ2v) is 4.36. The molecule has 2 aromatic heterocycles. The van der Waals surface area contributed by atoms with Crippen molar-refractivity contribution in [1.82, 2.24) is 20.4 Å². The number of carbonyl (C=O) groups is 1. The molecule has 7 nitrogen and oxygen atoms in total. The second-order valence-electron chi connectivity index (χ2n) is 4.36. The molecule has 18 heavy (non-hydrogen) atoms. The van der Waals surface area contributed by atoms with E-state index in [0.29, 0.717) is 24.5 Å². The van der Waals surface area contributed by atoms with E-state index in [-0.39, 0.29) is 5.92 Å². The van der Waals surface area contributed by atoms with Crippen molar-refractivity contribution in [3.8, 4) is 0 Å². The highest BCUT2D eigenvalue weighted by atomic mass is 16.5. The molecule has 7 heteroatoms. The van der Waals surface area contributed by atoms with Gasteiger partial charge in [-0.15, -0.1) is 0 Å². The van der Waals surface area contributed by atoms with E-state index in [4.69, 9.17) is 4.52 Å². The SMILES string of the molecule is O=C(O)C1CNCCC1c1ncc2cnoc2n1. The number of aliphatic carboxylic acids is 1. The van der Waals surface area contributed by atoms with Gasteiger partial charge in [-0.05, 0) is 13.0 Å². The number of nitrogens with zero attached hydrogens (tertiary/aromatic N) is 3. The van der Waals surface area contributed by atoms with Crippen molar-refractivity contribution in [2.45, 2.75) is 12.3 Å². The largest absolute Gasteiger partial charge is 0.481 e. The Morgan fingerprint density at radius 2 is 2.39 bits per heavy atom. The fraction of sp³-hybridized carbons (Fsp3) is 0.455. The lowest BCUT2D eigenvalue weighted by Gasteiger charge is -2.27. The average Bonchev–Trinajstić information content (AvgIpc) is 2.85. The lowest BCUT2D eigenvalue weighted by Crippen LogP contribution is -2.40. The Kier molecular flexibility index (Phi) is 2.67. The number of hydrogen-bond acceptors (Lipinski definition) is 6. The summed E-state index contributed by atoms with van der Waals surface area (Å²) in [5.41, 5.74) is 0.405. The number of rotatable bonds is 2. The van der Waals surface area contributed by atoms with E-state index in [2.05, 4.69) is 20.4 Å². The Bertz CT molecular complexity index is 582. The van der Waals surface area contributed by atoms with Gasteiger partial charge in [-0.2, -0.15) is 4.98 Å². The van der Waals surface area contributed by atoms with Gasteiger partial charge in [0, 0.05) is 18.7 Å². The topological polar surface area (TPSA) is 101 Å². The molecular weight excluding hydrogens is 236 g/mol. The summed E-state index contributed by atoms with van der Waals surface area (Å²) in [5.74, 6) is -0.987. The zero-order chi connectivity index (χ0) is 12.5. The molecule has 2 unspecified atom stereocenters. The summed E-state index contributed by atoms with van der Waals surface area (Å²) in [6, 6.07) is 0. The Morgan fingerprint density at radius 3 is 3.22 bits per heavy atom. The molecule has 0 radical (unpaired) electrons. The van der Waals surface area contributed by atoms with Crippen LogP contribution >= 0.6 is 0 Å². The van der Waals surface area contributed by atoms with Crippen LogP contribution in [0.1, 0.15) is 18.2 Å². The summed E-state index contributed by atoms with van der Waals surface area (Å²) in [6.07, 6.45) is 3.86. The molecule has 2 N–H and O–H groups in total. The molecule has 3 rings (SSSR count). The number of hydrogen-bond donors (Lipinski definition) is 2. The zero-order valence-corrected chi connectivity index (χ0v) is 9.54. The summed E-state index contributed by atoms with van der Waals surface area (Å²) in [6.45, 7) is 1.21. The molecule has 3 heterocycles. The lowest BCUT2D eigenvalue weighted by atomic mass is 9.86. The van der Waals surface area contributed by atoms with Crippen molar-refractivity contribution in [2.24, 2.45) is 5.92 Å². The molecule has 0 amide bonds. The maximum absolute atomic E-state index is 11.2. The smallest absolute Gasteiger partial charge is 0.308 e. The molecule has 2 aromatic rings. The molecule has 1 aliphatic rings. The number of carboxylic acids is 1. The van der Waals surface area contributed by atoms with Gasteiger partial charge in [0.1, 0.15) is 5.82 Å². The summed E-state index contributed by atoms with van der Waals surface area (Å²) in [4.78, 5) is 19.7. The predicted octanol–water partition coefficient (Wildman–Crippen LogP) is 0.395. The van der Waals surface area contributed by atoms with Crippen molar-refractivity contribution in [3.63, 3.8) is 0 Å². The van der Waals surface area contributed by atoms with E-state index in [1.807, 2.05) is 0 Å². The highest BCUT2D eigenvalue weighted by Gasteiger charge is 2.34. The van der Waals surface area contributed by atoms with Crippen LogP contribution in [0.3, 0.4) is 0 Å². The molecule has 2 atom stereocenters. The third-order valence-electron chi connectivity index (χ3n) is 3.26. The fourth-order valence-corrected chi connectivity index (χ4v) is 2.29. The highest BCUT2D eigenvalue weighted by molar-refractivity contribution is 5.72. The van der Waals surface area contributed by atoms with Gasteiger partial charge in [0.2, 0.25) is 0 Å². The van der Waals surface area contributed by atoms with E-state index in [0.717, 1.165) is 11.9 Å². The standard InChI is InChI=1S/C11H12N4O3/c16-11(17)8-5-12-2-1-7(8)9-13-3-6-4-14-18-10(6)15-9/h3-4,7-8,12H,1-2,5H2,(H,16,17). The first kappa shape index (κ1) is 11.1. The minimum Gasteiger partial charge on any atom is -0.481 e. The van der Waals surface area contributed by atoms with Crippen LogP contribution < -0.4 is 5.32 Å². The number of nitrogens with one attached hydrogen (secondary N) is 1. The van der Waals surface area contributed by atoms with Crippen molar-refractivity contribution >= 4 is 17.1 Å². The number of fused-ring (bicyclic) bond motifs is 1. The van der Waals surface area contributed by atoms with E-state index in [1.54, 1.807) is 6.20 Å². The van der Waals surface area contributed by atoms with Gasteiger partial charge in [0.15, 0.2) is 0 Å². The quantitative estimate of drug-likeness (QED) is 0.792. The third-order valence-corrected chi connectivity index (χ3v) is 3.26. The van der Waals surface area contributed by atoms with Crippen LogP contribution in [0.5, 0.6) is 0 Å². The van der Waals surface area contributed by atoms with Crippen LogP contribution in [0, 0.1) is 5.92 Å². The van der Waals surface area contributed by atoms with Crippen LogP contribution in [0.4, 0.5) is 0 Å². The Morgan fingerprint density at radius 1 is 1.50 bits per heavy atom. The fourth-order valence-electron chi connectivity index (χ4n) is 2.29. The van der Waals surface area contributed by atoms with E-state index in [9.17, 15) is 9.90 Å². The van der Waals surface area contributed by atoms with Crippen molar-refractivity contribution < 1.29 is 14.4 Å². The second kappa shape index (κ2) is 4.34. The minimum absolute atomic E-state index is 0.182. The highest BCUT2D eigenvalue weighted by Crippen LogP contribution is 2.28. The Balaban J connectivity index is 1.97. The van der Waals surface area contributed by atoms with E-state index < -0.39 is 11.9 Å². The molecule has 0 aromatic carbocycles. The van der Waals surface area contributed by atoms with Gasteiger partial charge < -0.3 is 14.9 Å². The molecule has 1 saturated heterocycles. The Hall–Kier alpha value is -2.02. The van der Waals surface area contributed by atoms with Gasteiger partial charge in [0.25, 0.3) is 5.71 Å². The average molecular weight is 248 g/mol. The first-order valence-electron chi connectivity index (χ1n) is 5.76. The summed E-state index contributed by atoms with van der Waals surface area (Å²) >= 11 is 0. The first-order chi connectivity index (χ1) is 8.75. The van der Waals surface area contributed by atoms with Crippen molar-refractivity contribution in [1.29, 1.82) is 0 Å². The summed E-state index contributed by atoms with van der Waals surface area (Å²) < 4.78 is 4.98. The molecule has 0 aliphatic carbocycles. The van der Waals surface area contributed by atoms with Crippen LogP contribution in [0.15, 0.2) is 16.9 Å². The number of piperidine rings is 1. The summed E-state index contributed by atoms with van der Waals surface area (Å²) in [7, 11) is 0. The minimum atomic E-state index is -0.825. The predicted molar refractivity (Wildman–Crippen MR) is 61.0 cm³/mol. The van der Waals surface area contributed by atoms with Gasteiger partial charge in [0.05, 0.1) is 17.5 Å². The molecule has 0 bridgehead atoms. The maximum Gasteiger partial charge on any atom is 0.308 e. The number of aromatic nitrogens is 3. The van der Waals surface area contributed by atoms with Gasteiger partial charge in [-0.25, -0.2) is 4.98 Å². The molecular formula is C11H12N4O3. The first-order valence-corrected chi connectivity index (χ1v) is 5.76. The maximum atomic E-state index is 11.2. The molecule has 1 fully saturated rings. The number of carboxylic acid groups (broad SMARTS) is 1. The van der Waals surface area contributed by atoms with Gasteiger partial charge in [-0.3, -0.25) is 4.79 Å². The van der Waals surface area contributed by atoms with Crippen LogP contribution in [0.25, 0.3) is 11.1 Å². The third kappa shape index (κ3) is 1.82. The monoisotopic (exact) mass is 248 g/mol. The van der Waals surface area contributed by atoms with Crippen LogP contribution in [0.2, 0.25) is 0 Å². The van der Waals surface area contributed by atoms with Crippen LogP contribution in [-0.2, 0) is 4.79 Å². The molecule has 1 aliphatic heterocycles.